The molecule has 11 heteroatoms. The van der Waals surface area contributed by atoms with Crippen LogP contribution in [-0.4, -0.2) is 128 Å². The highest BCUT2D eigenvalue weighted by Gasteiger charge is 2.34. The smallest absolute Gasteiger partial charge is 0.150 e. The number of carbonyl (C=O) groups is 1. The number of ether oxygens (including phenoxy) is 2. The van der Waals surface area contributed by atoms with Crippen molar-refractivity contribution in [3.05, 3.63) is 156 Å². The molecule has 2 aromatic heterocycles. The van der Waals surface area contributed by atoms with Crippen molar-refractivity contribution in [2.75, 3.05) is 104 Å². The lowest BCUT2D eigenvalue weighted by Gasteiger charge is -2.38. The van der Waals surface area contributed by atoms with E-state index in [4.69, 9.17) is 20.9 Å². The number of hydrogen-bond donors (Lipinski definition) is 2. The van der Waals surface area contributed by atoms with E-state index in [1.165, 1.54) is 11.1 Å². The number of carbonyl (C=O) groups excluding carboxylic acids is 1. The van der Waals surface area contributed by atoms with Crippen LogP contribution < -0.4 is 20.9 Å². The average molecular weight is 859 g/mol. The minimum Gasteiger partial charge on any atom is -0.497 e. The number of anilines is 2. The number of rotatable bonds is 18. The van der Waals surface area contributed by atoms with Gasteiger partial charge in [-0.05, 0) is 83.6 Å². The van der Waals surface area contributed by atoms with Crippen molar-refractivity contribution in [1.29, 1.82) is 0 Å². The van der Waals surface area contributed by atoms with Gasteiger partial charge < -0.3 is 30.7 Å². The zero-order valence-electron chi connectivity index (χ0n) is 37.3. The van der Waals surface area contributed by atoms with Crippen LogP contribution in [0.1, 0.15) is 34.1 Å². The molecule has 0 saturated carbocycles. The fourth-order valence-electron chi connectivity index (χ4n) is 9.03. The van der Waals surface area contributed by atoms with Crippen molar-refractivity contribution >= 4 is 17.4 Å². The summed E-state index contributed by atoms with van der Waals surface area (Å²) in [6.07, 6.45) is 1.96. The van der Waals surface area contributed by atoms with E-state index in [2.05, 4.69) is 102 Å². The molecule has 8 rings (SSSR count). The molecule has 0 bridgehead atoms. The fraction of sp³-hybridized carbons (Fsp3) is 0.340. The molecule has 0 aliphatic carbocycles. The van der Waals surface area contributed by atoms with Crippen LogP contribution in [0, 0.1) is 0 Å². The van der Waals surface area contributed by atoms with Gasteiger partial charge in [0.1, 0.15) is 28.9 Å². The Balaban J connectivity index is 0.893. The molecular weight excluding hydrogens is 797 g/mol. The van der Waals surface area contributed by atoms with Crippen LogP contribution >= 0.6 is 0 Å². The first kappa shape index (κ1) is 44.5. The number of benzene rings is 4. The van der Waals surface area contributed by atoms with Gasteiger partial charge in [0.05, 0.1) is 37.4 Å². The first-order valence-electron chi connectivity index (χ1n) is 22.6. The highest BCUT2D eigenvalue weighted by Crippen LogP contribution is 2.32. The minimum absolute atomic E-state index is 0.258. The number of aromatic nitrogens is 2. The van der Waals surface area contributed by atoms with Crippen molar-refractivity contribution in [3.63, 3.8) is 0 Å². The molecule has 6 aromatic rings. The summed E-state index contributed by atoms with van der Waals surface area (Å²) < 4.78 is 11.1. The van der Waals surface area contributed by atoms with E-state index in [1.54, 1.807) is 14.2 Å². The topological polar surface area (TPSA) is 126 Å². The fourth-order valence-corrected chi connectivity index (χ4v) is 9.03. The van der Waals surface area contributed by atoms with E-state index >= 15 is 4.79 Å². The van der Waals surface area contributed by atoms with Gasteiger partial charge in [0.15, 0.2) is 0 Å². The number of methoxy groups -OCH3 is 2. The molecule has 332 valence electrons. The molecule has 2 aliphatic heterocycles. The summed E-state index contributed by atoms with van der Waals surface area (Å²) in [6.45, 7) is 10.9. The van der Waals surface area contributed by atoms with Gasteiger partial charge in [-0.1, -0.05) is 84.9 Å². The summed E-state index contributed by atoms with van der Waals surface area (Å²) in [5.41, 5.74) is 20.4. The maximum absolute atomic E-state index is 15.3. The summed E-state index contributed by atoms with van der Waals surface area (Å²) in [6, 6.07) is 45.1. The van der Waals surface area contributed by atoms with E-state index < -0.39 is 0 Å². The van der Waals surface area contributed by atoms with E-state index in [0.29, 0.717) is 24.7 Å². The zero-order chi connectivity index (χ0) is 44.3. The van der Waals surface area contributed by atoms with Gasteiger partial charge in [-0.3, -0.25) is 14.6 Å². The van der Waals surface area contributed by atoms with Gasteiger partial charge in [-0.25, -0.2) is 9.97 Å². The monoisotopic (exact) mass is 858 g/mol. The molecule has 0 radical (unpaired) electrons. The second kappa shape index (κ2) is 21.5. The van der Waals surface area contributed by atoms with Crippen molar-refractivity contribution < 1.29 is 14.3 Å². The third kappa shape index (κ3) is 11.7. The van der Waals surface area contributed by atoms with E-state index in [-0.39, 0.29) is 17.6 Å². The second-order valence-corrected chi connectivity index (χ2v) is 17.1. The first-order valence-corrected chi connectivity index (χ1v) is 22.6. The first-order chi connectivity index (χ1) is 31.3. The number of hydrogen-bond acceptors (Lipinski definition) is 11. The van der Waals surface area contributed by atoms with E-state index in [0.717, 1.165) is 123 Å². The molecular formula is C53H62N8O3. The Morgan fingerprint density at radius 3 is 1.20 bits per heavy atom. The molecule has 2 atom stereocenters. The number of ketones is 1. The Hall–Kier alpha value is -6.11. The summed E-state index contributed by atoms with van der Waals surface area (Å²) in [5, 5.41) is 0. The minimum atomic E-state index is -0.291. The number of Topliss-reactive ketones (excluding diaryl/α,β-unsaturated/α-hetero) is 1. The quantitative estimate of drug-likeness (QED) is 0.0916. The van der Waals surface area contributed by atoms with E-state index in [1.807, 2.05) is 60.7 Å². The van der Waals surface area contributed by atoms with Crippen LogP contribution in [0.2, 0.25) is 0 Å². The van der Waals surface area contributed by atoms with Crippen LogP contribution in [0.25, 0.3) is 22.5 Å². The van der Waals surface area contributed by atoms with Gasteiger partial charge in [-0.2, -0.15) is 0 Å². The molecule has 64 heavy (non-hydrogen) atoms. The summed E-state index contributed by atoms with van der Waals surface area (Å²) >= 11 is 0. The Bertz CT molecular complexity index is 2230. The van der Waals surface area contributed by atoms with Crippen molar-refractivity contribution in [2.24, 2.45) is 0 Å². The van der Waals surface area contributed by atoms with Gasteiger partial charge in [0.2, 0.25) is 0 Å². The van der Waals surface area contributed by atoms with Crippen molar-refractivity contribution in [1.82, 2.24) is 29.6 Å². The Labute approximate surface area is 378 Å². The van der Waals surface area contributed by atoms with Gasteiger partial charge in [-0.15, -0.1) is 0 Å². The lowest BCUT2D eigenvalue weighted by atomic mass is 9.82. The largest absolute Gasteiger partial charge is 0.497 e. The van der Waals surface area contributed by atoms with Crippen LogP contribution in [-0.2, 0) is 17.6 Å². The highest BCUT2D eigenvalue weighted by atomic mass is 16.5. The Morgan fingerprint density at radius 2 is 0.859 bits per heavy atom. The number of nitrogen functional groups attached to an aromatic ring is 2. The second-order valence-electron chi connectivity index (χ2n) is 17.1. The third-order valence-corrected chi connectivity index (χ3v) is 13.0. The summed E-state index contributed by atoms with van der Waals surface area (Å²) in [4.78, 5) is 34.3. The predicted molar refractivity (Wildman–Crippen MR) is 258 cm³/mol. The lowest BCUT2D eigenvalue weighted by Crippen LogP contribution is -2.50. The van der Waals surface area contributed by atoms with Crippen LogP contribution in [0.3, 0.4) is 0 Å². The molecule has 4 N–H and O–H groups in total. The summed E-state index contributed by atoms with van der Waals surface area (Å²) in [5.74, 6) is 2.31. The maximum Gasteiger partial charge on any atom is 0.150 e. The molecule has 4 heterocycles. The van der Waals surface area contributed by atoms with Crippen LogP contribution in [0.15, 0.2) is 133 Å². The molecule has 2 unspecified atom stereocenters. The number of nitrogens with zero attached hydrogens (tertiary/aromatic N) is 6. The molecule has 2 saturated heterocycles. The normalized spacial score (nSPS) is 16.3. The molecule has 11 nitrogen and oxygen atoms in total. The average Bonchev–Trinajstić information content (AvgIpc) is 3.34. The van der Waals surface area contributed by atoms with Crippen molar-refractivity contribution in [3.8, 4) is 34.0 Å². The highest BCUT2D eigenvalue weighted by molar-refractivity contribution is 5.92. The summed E-state index contributed by atoms with van der Waals surface area (Å²) in [7, 11) is 3.37. The standard InChI is InChI=1S/C53H62N8O3/c1-63-45-21-17-41(18-22-45)47(37-60-33-29-58(30-34-60)27-25-39-9-13-43(14-10-39)49-5-3-7-51(54)56-49)53(62)48(42-19-23-46(64-2)24-20-42)38-61-35-31-59(32-36-61)28-26-40-11-15-44(16-12-40)50-6-4-8-52(55)57-50/h3-24,47-48H,25-38H2,1-2H3,(H2,54,56)(H2,55,57). The predicted octanol–water partition coefficient (Wildman–Crippen LogP) is 7.15. The molecule has 2 fully saturated rings. The van der Waals surface area contributed by atoms with Crippen LogP contribution in [0.4, 0.5) is 11.6 Å². The Kier molecular flexibility index (Phi) is 15.0. The van der Waals surface area contributed by atoms with Gasteiger partial charge in [0.25, 0.3) is 0 Å². The SMILES string of the molecule is COc1ccc(C(CN2CCN(CCc3ccc(-c4cccc(N)n4)cc3)CC2)C(=O)C(CN2CCN(CCc3ccc(-c4cccc(N)n4)cc3)CC2)c2ccc(OC)cc2)cc1. The maximum atomic E-state index is 15.3. The van der Waals surface area contributed by atoms with E-state index in [9.17, 15) is 0 Å². The number of pyridine rings is 2. The lowest BCUT2D eigenvalue weighted by molar-refractivity contribution is -0.123. The molecule has 2 aliphatic rings. The zero-order valence-corrected chi connectivity index (χ0v) is 37.3. The van der Waals surface area contributed by atoms with Crippen molar-refractivity contribution in [2.45, 2.75) is 24.7 Å². The third-order valence-electron chi connectivity index (χ3n) is 13.0. The molecule has 0 amide bonds. The molecule has 0 spiro atoms. The molecule has 4 aromatic carbocycles. The van der Waals surface area contributed by atoms with Gasteiger partial charge in [0, 0.05) is 89.7 Å². The van der Waals surface area contributed by atoms with Gasteiger partial charge >= 0.3 is 0 Å². The Morgan fingerprint density at radius 1 is 0.500 bits per heavy atom. The number of nitrogens with two attached hydrogens (primary N) is 2. The number of piperazine rings is 2. The van der Waals surface area contributed by atoms with Crippen LogP contribution in [0.5, 0.6) is 11.5 Å².